The number of benzene rings is 2. The molecule has 0 spiro atoms. The van der Waals surface area contributed by atoms with Crippen molar-refractivity contribution < 1.29 is 19.1 Å². The smallest absolute Gasteiger partial charge is 0.354 e. The standard InChI is InChI=1S/C20H21ClN2O4/c1-13(14-7-5-4-6-8-14)22-16-10-9-15(21)11-17(16)23-18(20(25)27-3)12-19(24)26-2/h4-13,22-23H,1-3H3/b18-12+. The van der Waals surface area contributed by atoms with E-state index in [1.807, 2.05) is 37.3 Å². The Bertz CT molecular complexity index is 837. The second-order valence-electron chi connectivity index (χ2n) is 5.66. The van der Waals surface area contributed by atoms with E-state index in [-0.39, 0.29) is 11.7 Å². The Morgan fingerprint density at radius 2 is 1.74 bits per heavy atom. The molecule has 0 aliphatic carbocycles. The molecule has 0 aliphatic heterocycles. The first-order valence-corrected chi connectivity index (χ1v) is 8.58. The fourth-order valence-electron chi connectivity index (χ4n) is 2.38. The van der Waals surface area contributed by atoms with Crippen LogP contribution in [0.4, 0.5) is 11.4 Å². The Balaban J connectivity index is 2.32. The van der Waals surface area contributed by atoms with Gasteiger partial charge < -0.3 is 20.1 Å². The second-order valence-corrected chi connectivity index (χ2v) is 6.10. The normalized spacial score (nSPS) is 12.1. The van der Waals surface area contributed by atoms with E-state index in [9.17, 15) is 9.59 Å². The number of esters is 2. The van der Waals surface area contributed by atoms with Gasteiger partial charge in [-0.2, -0.15) is 0 Å². The summed E-state index contributed by atoms with van der Waals surface area (Å²) in [4.78, 5) is 23.6. The molecule has 2 rings (SSSR count). The van der Waals surface area contributed by atoms with Gasteiger partial charge in [-0.3, -0.25) is 0 Å². The lowest BCUT2D eigenvalue weighted by molar-refractivity contribution is -0.138. The molecule has 0 saturated carbocycles. The van der Waals surface area contributed by atoms with Crippen LogP contribution in [0.3, 0.4) is 0 Å². The summed E-state index contributed by atoms with van der Waals surface area (Å²) in [5.41, 5.74) is 2.25. The van der Waals surface area contributed by atoms with Crippen LogP contribution >= 0.6 is 11.6 Å². The fourth-order valence-corrected chi connectivity index (χ4v) is 2.55. The van der Waals surface area contributed by atoms with Crippen LogP contribution in [0.5, 0.6) is 0 Å². The molecule has 0 radical (unpaired) electrons. The molecule has 0 saturated heterocycles. The van der Waals surface area contributed by atoms with E-state index < -0.39 is 11.9 Å². The van der Waals surface area contributed by atoms with Gasteiger partial charge in [0.05, 0.1) is 31.7 Å². The van der Waals surface area contributed by atoms with Gasteiger partial charge in [-0.1, -0.05) is 41.9 Å². The number of rotatable bonds is 7. The summed E-state index contributed by atoms with van der Waals surface area (Å²) in [5, 5.41) is 6.74. The summed E-state index contributed by atoms with van der Waals surface area (Å²) in [5.74, 6) is -1.39. The van der Waals surface area contributed by atoms with Gasteiger partial charge in [0, 0.05) is 11.1 Å². The highest BCUT2D eigenvalue weighted by Gasteiger charge is 2.16. The molecular formula is C20H21ClN2O4. The second kappa shape index (κ2) is 9.64. The van der Waals surface area contributed by atoms with Crippen LogP contribution in [0.1, 0.15) is 18.5 Å². The van der Waals surface area contributed by atoms with Crippen LogP contribution in [-0.2, 0) is 19.1 Å². The van der Waals surface area contributed by atoms with Gasteiger partial charge in [0.2, 0.25) is 0 Å². The molecule has 0 bridgehead atoms. The number of methoxy groups -OCH3 is 2. The van der Waals surface area contributed by atoms with Crippen molar-refractivity contribution in [3.05, 3.63) is 70.9 Å². The largest absolute Gasteiger partial charge is 0.466 e. The number of hydrogen-bond acceptors (Lipinski definition) is 6. The van der Waals surface area contributed by atoms with E-state index in [0.29, 0.717) is 16.4 Å². The van der Waals surface area contributed by atoms with Crippen molar-refractivity contribution in [2.75, 3.05) is 24.9 Å². The van der Waals surface area contributed by atoms with Gasteiger partial charge in [0.25, 0.3) is 0 Å². The van der Waals surface area contributed by atoms with Gasteiger partial charge in [-0.05, 0) is 30.7 Å². The molecule has 6 nitrogen and oxygen atoms in total. The first-order chi connectivity index (χ1) is 12.9. The van der Waals surface area contributed by atoms with E-state index >= 15 is 0 Å². The highest BCUT2D eigenvalue weighted by Crippen LogP contribution is 2.30. The first kappa shape index (κ1) is 20.3. The van der Waals surface area contributed by atoms with Gasteiger partial charge in [-0.25, -0.2) is 9.59 Å². The minimum atomic E-state index is -0.706. The molecule has 2 N–H and O–H groups in total. The molecular weight excluding hydrogens is 368 g/mol. The van der Waals surface area contributed by atoms with Crippen LogP contribution in [0.25, 0.3) is 0 Å². The molecule has 0 aromatic heterocycles. The third-order valence-electron chi connectivity index (χ3n) is 3.79. The predicted molar refractivity (Wildman–Crippen MR) is 106 cm³/mol. The minimum absolute atomic E-state index is 0.000844. The average molecular weight is 389 g/mol. The number of ether oxygens (including phenoxy) is 2. The van der Waals surface area contributed by atoms with Crippen molar-refractivity contribution in [3.63, 3.8) is 0 Å². The molecule has 1 unspecified atom stereocenters. The Hall–Kier alpha value is -2.99. The van der Waals surface area contributed by atoms with E-state index in [2.05, 4.69) is 15.4 Å². The molecule has 0 heterocycles. The topological polar surface area (TPSA) is 76.7 Å². The predicted octanol–water partition coefficient (Wildman–Crippen LogP) is 4.15. The van der Waals surface area contributed by atoms with E-state index in [1.54, 1.807) is 18.2 Å². The minimum Gasteiger partial charge on any atom is -0.466 e. The average Bonchev–Trinajstić information content (AvgIpc) is 2.69. The number of halogens is 1. The lowest BCUT2D eigenvalue weighted by atomic mass is 10.1. The first-order valence-electron chi connectivity index (χ1n) is 8.20. The Morgan fingerprint density at radius 1 is 1.04 bits per heavy atom. The highest BCUT2D eigenvalue weighted by molar-refractivity contribution is 6.31. The van der Waals surface area contributed by atoms with Crippen molar-refractivity contribution in [1.82, 2.24) is 0 Å². The molecule has 0 fully saturated rings. The number of carbonyl (C=O) groups excluding carboxylic acids is 2. The summed E-state index contributed by atoms with van der Waals surface area (Å²) in [6.07, 6.45) is 1.02. The van der Waals surface area contributed by atoms with E-state index in [1.165, 1.54) is 14.2 Å². The van der Waals surface area contributed by atoms with Crippen molar-refractivity contribution in [2.24, 2.45) is 0 Å². The Kier molecular flexibility index (Phi) is 7.25. The fraction of sp³-hybridized carbons (Fsp3) is 0.200. The number of nitrogens with one attached hydrogen (secondary N) is 2. The maximum absolute atomic E-state index is 12.0. The van der Waals surface area contributed by atoms with Gasteiger partial charge >= 0.3 is 11.9 Å². The maximum Gasteiger partial charge on any atom is 0.354 e. The summed E-state index contributed by atoms with van der Waals surface area (Å²) in [6, 6.07) is 15.1. The SMILES string of the molecule is COC(=O)/C=C(/Nc1cc(Cl)ccc1NC(C)c1ccccc1)C(=O)OC. The zero-order chi connectivity index (χ0) is 19.8. The quantitative estimate of drug-likeness (QED) is 0.548. The maximum atomic E-state index is 12.0. The monoisotopic (exact) mass is 388 g/mol. The molecule has 142 valence electrons. The zero-order valence-electron chi connectivity index (χ0n) is 15.3. The van der Waals surface area contributed by atoms with Crippen LogP contribution < -0.4 is 10.6 Å². The lowest BCUT2D eigenvalue weighted by Crippen LogP contribution is -2.17. The van der Waals surface area contributed by atoms with E-state index in [0.717, 1.165) is 11.6 Å². The van der Waals surface area contributed by atoms with Crippen molar-refractivity contribution >= 4 is 34.9 Å². The third-order valence-corrected chi connectivity index (χ3v) is 4.03. The summed E-state index contributed by atoms with van der Waals surface area (Å²) < 4.78 is 9.30. The molecule has 2 aromatic rings. The molecule has 27 heavy (non-hydrogen) atoms. The van der Waals surface area contributed by atoms with Crippen LogP contribution in [0.2, 0.25) is 5.02 Å². The molecule has 0 aliphatic rings. The number of anilines is 2. The summed E-state index contributed by atoms with van der Waals surface area (Å²) in [6.45, 7) is 2.01. The van der Waals surface area contributed by atoms with Crippen LogP contribution in [-0.4, -0.2) is 26.2 Å². The van der Waals surface area contributed by atoms with E-state index in [4.69, 9.17) is 16.3 Å². The zero-order valence-corrected chi connectivity index (χ0v) is 16.0. The third kappa shape index (κ3) is 5.76. The molecule has 2 aromatic carbocycles. The van der Waals surface area contributed by atoms with Crippen molar-refractivity contribution in [1.29, 1.82) is 0 Å². The number of hydrogen-bond donors (Lipinski definition) is 2. The van der Waals surface area contributed by atoms with Crippen molar-refractivity contribution in [3.8, 4) is 0 Å². The summed E-state index contributed by atoms with van der Waals surface area (Å²) >= 11 is 6.11. The number of carbonyl (C=O) groups is 2. The van der Waals surface area contributed by atoms with Gasteiger partial charge in [-0.15, -0.1) is 0 Å². The Labute approximate surface area is 163 Å². The van der Waals surface area contributed by atoms with Crippen molar-refractivity contribution in [2.45, 2.75) is 13.0 Å². The Morgan fingerprint density at radius 3 is 2.37 bits per heavy atom. The van der Waals surface area contributed by atoms with Gasteiger partial charge in [0.15, 0.2) is 0 Å². The summed E-state index contributed by atoms with van der Waals surface area (Å²) in [7, 11) is 2.45. The molecule has 0 amide bonds. The van der Waals surface area contributed by atoms with Gasteiger partial charge in [0.1, 0.15) is 5.70 Å². The van der Waals surface area contributed by atoms with Crippen LogP contribution in [0, 0.1) is 0 Å². The molecule has 1 atom stereocenters. The molecule has 7 heteroatoms. The van der Waals surface area contributed by atoms with Crippen LogP contribution in [0.15, 0.2) is 60.3 Å². The highest BCUT2D eigenvalue weighted by atomic mass is 35.5. The lowest BCUT2D eigenvalue weighted by Gasteiger charge is -2.20.